The van der Waals surface area contributed by atoms with Crippen LogP contribution in [0.3, 0.4) is 0 Å². The van der Waals surface area contributed by atoms with Crippen LogP contribution in [-0.2, 0) is 6.42 Å². The third-order valence-electron chi connectivity index (χ3n) is 5.99. The lowest BCUT2D eigenvalue weighted by atomic mass is 10.1. The molecule has 2 aromatic carbocycles. The zero-order chi connectivity index (χ0) is 23.3. The molecule has 8 nitrogen and oxygen atoms in total. The molecule has 1 aliphatic heterocycles. The zero-order valence-corrected chi connectivity index (χ0v) is 19.2. The molecule has 4 aromatic rings. The molecule has 1 aliphatic rings. The second-order valence-corrected chi connectivity index (χ2v) is 8.45. The number of aromatic nitrogens is 3. The van der Waals surface area contributed by atoms with Crippen molar-refractivity contribution in [1.82, 2.24) is 25.2 Å². The first-order chi connectivity index (χ1) is 16.7. The highest BCUT2D eigenvalue weighted by Gasteiger charge is 2.12. The average molecular weight is 463 g/mol. The molecule has 34 heavy (non-hydrogen) atoms. The maximum absolute atomic E-state index is 11.8. The molecular formula is C26H34N6O2. The monoisotopic (exact) mass is 462 g/mol. The van der Waals surface area contributed by atoms with E-state index in [9.17, 15) is 4.79 Å². The van der Waals surface area contributed by atoms with Crippen molar-refractivity contribution in [3.05, 3.63) is 72.1 Å². The molecule has 2 aromatic heterocycles. The Morgan fingerprint density at radius 3 is 2.82 bits per heavy atom. The van der Waals surface area contributed by atoms with Gasteiger partial charge in [0.05, 0.1) is 11.0 Å². The number of ether oxygens (including phenoxy) is 1. The molecular weight excluding hydrogens is 428 g/mol. The van der Waals surface area contributed by atoms with Crippen molar-refractivity contribution in [2.45, 2.75) is 19.3 Å². The van der Waals surface area contributed by atoms with Crippen molar-refractivity contribution in [2.75, 3.05) is 32.0 Å². The number of H-pyrrole nitrogens is 1. The van der Waals surface area contributed by atoms with Gasteiger partial charge >= 0.3 is 0 Å². The van der Waals surface area contributed by atoms with Crippen molar-refractivity contribution in [2.24, 2.45) is 0 Å². The minimum atomic E-state index is -0.259. The molecule has 1 fully saturated rings. The van der Waals surface area contributed by atoms with E-state index in [0.717, 1.165) is 29.7 Å². The smallest absolute Gasteiger partial charge is 0.269 e. The van der Waals surface area contributed by atoms with E-state index in [4.69, 9.17) is 4.74 Å². The van der Waals surface area contributed by atoms with E-state index >= 15 is 0 Å². The molecule has 1 amide bonds. The second kappa shape index (κ2) is 9.93. The van der Waals surface area contributed by atoms with Gasteiger partial charge in [-0.3, -0.25) is 9.78 Å². The van der Waals surface area contributed by atoms with Crippen molar-refractivity contribution in [3.63, 3.8) is 0 Å². The highest BCUT2D eigenvalue weighted by Crippen LogP contribution is 2.27. The largest absolute Gasteiger partial charge is 0.457 e. The van der Waals surface area contributed by atoms with Crippen LogP contribution in [0.4, 0.5) is 11.6 Å². The van der Waals surface area contributed by atoms with Gasteiger partial charge in [-0.05, 0) is 68.2 Å². The van der Waals surface area contributed by atoms with Crippen LogP contribution < -0.4 is 15.4 Å². The molecule has 0 bridgehead atoms. The first-order valence-electron chi connectivity index (χ1n) is 11.6. The average Bonchev–Trinajstić information content (AvgIpc) is 3.52. The van der Waals surface area contributed by atoms with Gasteiger partial charge in [-0.15, -0.1) is 0 Å². The van der Waals surface area contributed by atoms with Gasteiger partial charge in [0.15, 0.2) is 0 Å². The summed E-state index contributed by atoms with van der Waals surface area (Å²) in [5.41, 5.74) is 4.31. The number of likely N-dealkylation sites (tertiary alicyclic amines) is 1. The quantitative estimate of drug-likeness (QED) is 0.332. The Morgan fingerprint density at radius 1 is 1.12 bits per heavy atom. The molecule has 0 saturated carbocycles. The van der Waals surface area contributed by atoms with Gasteiger partial charge in [0.25, 0.3) is 5.91 Å². The highest BCUT2D eigenvalue weighted by molar-refractivity contribution is 5.92. The number of nitrogens with zero attached hydrogens (tertiary/aromatic N) is 3. The van der Waals surface area contributed by atoms with Crippen LogP contribution in [0.5, 0.6) is 11.5 Å². The minimum absolute atomic E-state index is 0. The lowest BCUT2D eigenvalue weighted by Crippen LogP contribution is -2.21. The molecule has 0 radical (unpaired) electrons. The fourth-order valence-corrected chi connectivity index (χ4v) is 4.21. The second-order valence-electron chi connectivity index (χ2n) is 8.45. The fourth-order valence-electron chi connectivity index (χ4n) is 4.21. The number of carbonyl (C=O) groups is 1. The van der Waals surface area contributed by atoms with E-state index < -0.39 is 0 Å². The van der Waals surface area contributed by atoms with E-state index in [-0.39, 0.29) is 10.2 Å². The first kappa shape index (κ1) is 21.9. The summed E-state index contributed by atoms with van der Waals surface area (Å²) in [5.74, 6) is 1.59. The third-order valence-corrected chi connectivity index (χ3v) is 5.99. The summed E-state index contributed by atoms with van der Waals surface area (Å²) in [6, 6.07) is 17.5. The maximum atomic E-state index is 11.8. The number of rotatable bonds is 8. The molecule has 3 heterocycles. The van der Waals surface area contributed by atoms with E-state index in [0.29, 0.717) is 23.1 Å². The number of hydrogen-bond acceptors (Lipinski definition) is 6. The third kappa shape index (κ3) is 5.18. The molecule has 0 unspecified atom stereocenters. The maximum Gasteiger partial charge on any atom is 0.269 e. The molecule has 0 spiro atoms. The van der Waals surface area contributed by atoms with E-state index in [1.165, 1.54) is 31.5 Å². The minimum Gasteiger partial charge on any atom is -0.457 e. The standard InChI is InChI=1S/C26H28N6O2.3H2/c1-27-25(33)24-17-21(9-11-28-24)34-20-7-8-22-23(16-20)31-26(30-22)29-19-6-4-5-18(15-19)10-14-32-12-2-3-13-32;;;/h4-9,11,15-17H,2-3,10,12-14H2,1H3,(H,27,33)(H2,29,30,31);3*1H. The number of anilines is 2. The normalized spacial score (nSPS) is 13.8. The molecule has 0 atom stereocenters. The van der Waals surface area contributed by atoms with Crippen molar-refractivity contribution in [3.8, 4) is 11.5 Å². The summed E-state index contributed by atoms with van der Waals surface area (Å²) in [7, 11) is 1.57. The molecule has 8 heteroatoms. The van der Waals surface area contributed by atoms with Gasteiger partial charge in [0.2, 0.25) is 5.95 Å². The number of hydrogen-bond donors (Lipinski definition) is 3. The lowest BCUT2D eigenvalue weighted by molar-refractivity contribution is 0.0958. The van der Waals surface area contributed by atoms with Gasteiger partial charge < -0.3 is 25.3 Å². The Bertz CT molecular complexity index is 1310. The van der Waals surface area contributed by atoms with E-state index in [2.05, 4.69) is 54.8 Å². The number of pyridine rings is 1. The lowest BCUT2D eigenvalue weighted by Gasteiger charge is -2.14. The Morgan fingerprint density at radius 2 is 1.97 bits per heavy atom. The summed E-state index contributed by atoms with van der Waals surface area (Å²) in [6.07, 6.45) is 5.24. The van der Waals surface area contributed by atoms with Crippen LogP contribution in [0.2, 0.25) is 0 Å². The van der Waals surface area contributed by atoms with Crippen molar-refractivity contribution in [1.29, 1.82) is 0 Å². The Balaban J connectivity index is 0.00000160. The van der Waals surface area contributed by atoms with E-state index in [1.807, 2.05) is 18.2 Å². The fraction of sp³-hybridized carbons (Fsp3) is 0.269. The van der Waals surface area contributed by atoms with Gasteiger partial charge in [0.1, 0.15) is 17.2 Å². The molecule has 180 valence electrons. The van der Waals surface area contributed by atoms with Crippen molar-refractivity contribution >= 4 is 28.6 Å². The highest BCUT2D eigenvalue weighted by atomic mass is 16.5. The Hall–Kier alpha value is -3.91. The van der Waals surface area contributed by atoms with Crippen LogP contribution in [0.15, 0.2) is 60.8 Å². The molecule has 1 saturated heterocycles. The van der Waals surface area contributed by atoms with Crippen molar-refractivity contribution < 1.29 is 13.8 Å². The van der Waals surface area contributed by atoms with Gasteiger partial charge in [-0.2, -0.15) is 0 Å². The topological polar surface area (TPSA) is 95.2 Å². The first-order valence-corrected chi connectivity index (χ1v) is 11.6. The predicted octanol–water partition coefficient (Wildman–Crippen LogP) is 5.23. The molecule has 5 rings (SSSR count). The summed E-state index contributed by atoms with van der Waals surface area (Å²) >= 11 is 0. The van der Waals surface area contributed by atoms with Crippen LogP contribution >= 0.6 is 0 Å². The summed E-state index contributed by atoms with van der Waals surface area (Å²) in [4.78, 5) is 26.4. The SMILES string of the molecule is CNC(=O)c1cc(Oc2ccc3nc(Nc4cccc(CCN5CCCC5)c4)[nH]c3c2)ccn1.[HH].[HH].[HH]. The zero-order valence-electron chi connectivity index (χ0n) is 19.2. The van der Waals surface area contributed by atoms with Crippen LogP contribution in [0.25, 0.3) is 11.0 Å². The molecule has 3 N–H and O–H groups in total. The Labute approximate surface area is 202 Å². The molecule has 0 aliphatic carbocycles. The van der Waals surface area contributed by atoms with Crippen LogP contribution in [0.1, 0.15) is 33.2 Å². The van der Waals surface area contributed by atoms with E-state index in [1.54, 1.807) is 25.4 Å². The number of benzene rings is 2. The predicted molar refractivity (Wildman–Crippen MR) is 139 cm³/mol. The number of carbonyl (C=O) groups excluding carboxylic acids is 1. The summed E-state index contributed by atoms with van der Waals surface area (Å²) in [6.45, 7) is 3.55. The number of nitrogens with one attached hydrogen (secondary N) is 3. The number of fused-ring (bicyclic) bond motifs is 1. The number of aromatic amines is 1. The summed E-state index contributed by atoms with van der Waals surface area (Å²) < 4.78 is 5.94. The number of imidazole rings is 1. The van der Waals surface area contributed by atoms with Gasteiger partial charge in [-0.1, -0.05) is 12.1 Å². The summed E-state index contributed by atoms with van der Waals surface area (Å²) in [5, 5.41) is 5.95. The number of amides is 1. The van der Waals surface area contributed by atoms with Crippen LogP contribution in [0, 0.1) is 0 Å². The van der Waals surface area contributed by atoms with Gasteiger partial charge in [0, 0.05) is 41.9 Å². The Kier molecular flexibility index (Phi) is 6.40. The van der Waals surface area contributed by atoms with Gasteiger partial charge in [-0.25, -0.2) is 4.98 Å². The van der Waals surface area contributed by atoms with Crippen LogP contribution in [-0.4, -0.2) is 52.4 Å².